The molecule has 0 aliphatic carbocycles. The summed E-state index contributed by atoms with van der Waals surface area (Å²) >= 11 is 0. The Balaban J connectivity index is 1.96. The second-order valence-electron chi connectivity index (χ2n) is 5.12. The number of rotatable bonds is 1. The van der Waals surface area contributed by atoms with Crippen LogP contribution in [0.25, 0.3) is 0 Å². The van der Waals surface area contributed by atoms with E-state index in [4.69, 9.17) is 0 Å². The van der Waals surface area contributed by atoms with Crippen molar-refractivity contribution in [2.24, 2.45) is 0 Å². The Labute approximate surface area is 107 Å². The van der Waals surface area contributed by atoms with E-state index in [-0.39, 0.29) is 11.4 Å². The Morgan fingerprint density at radius 3 is 2.56 bits per heavy atom. The Bertz CT molecular complexity index is 562. The summed E-state index contributed by atoms with van der Waals surface area (Å²) in [5, 5.41) is 3.59. The van der Waals surface area contributed by atoms with Crippen LogP contribution in [-0.2, 0) is 12.0 Å². The lowest BCUT2D eigenvalue weighted by Gasteiger charge is -2.37. The first kappa shape index (κ1) is 11.3. The fourth-order valence-electron chi connectivity index (χ4n) is 2.64. The molecule has 2 heteroatoms. The van der Waals surface area contributed by atoms with Crippen LogP contribution < -0.4 is 5.32 Å². The van der Waals surface area contributed by atoms with Gasteiger partial charge in [0.05, 0.1) is 5.54 Å². The van der Waals surface area contributed by atoms with Crippen LogP contribution in [0.1, 0.15) is 24.5 Å². The number of aryl methyl sites for hydroxylation is 1. The SMILES string of the molecule is CC1(c2ccc(F)cc2)CCc2ccccc2N1. The van der Waals surface area contributed by atoms with Crippen molar-refractivity contribution >= 4 is 5.69 Å². The Hall–Kier alpha value is -1.83. The molecule has 1 heterocycles. The molecule has 2 aromatic rings. The topological polar surface area (TPSA) is 12.0 Å². The smallest absolute Gasteiger partial charge is 0.123 e. The van der Waals surface area contributed by atoms with E-state index in [1.54, 1.807) is 0 Å². The molecule has 18 heavy (non-hydrogen) atoms. The van der Waals surface area contributed by atoms with E-state index >= 15 is 0 Å². The molecule has 0 aromatic heterocycles. The molecule has 0 bridgehead atoms. The van der Waals surface area contributed by atoms with Crippen LogP contribution >= 0.6 is 0 Å². The van der Waals surface area contributed by atoms with Crippen LogP contribution in [0.3, 0.4) is 0 Å². The molecule has 1 aliphatic heterocycles. The minimum absolute atomic E-state index is 0.109. The van der Waals surface area contributed by atoms with Crippen molar-refractivity contribution < 1.29 is 4.39 Å². The molecule has 0 radical (unpaired) electrons. The van der Waals surface area contributed by atoms with Crippen LogP contribution in [0.15, 0.2) is 48.5 Å². The monoisotopic (exact) mass is 241 g/mol. The summed E-state index contributed by atoms with van der Waals surface area (Å²) in [6, 6.07) is 15.2. The Morgan fingerprint density at radius 1 is 1.06 bits per heavy atom. The van der Waals surface area contributed by atoms with Gasteiger partial charge in [0.2, 0.25) is 0 Å². The zero-order valence-corrected chi connectivity index (χ0v) is 10.4. The molecule has 1 aliphatic rings. The van der Waals surface area contributed by atoms with Gasteiger partial charge in [0, 0.05) is 5.69 Å². The average molecular weight is 241 g/mol. The van der Waals surface area contributed by atoms with Gasteiger partial charge in [-0.2, -0.15) is 0 Å². The van der Waals surface area contributed by atoms with E-state index in [0.717, 1.165) is 18.4 Å². The molecule has 0 saturated heterocycles. The number of hydrogen-bond acceptors (Lipinski definition) is 1. The molecule has 0 fully saturated rings. The largest absolute Gasteiger partial charge is 0.376 e. The lowest BCUT2D eigenvalue weighted by molar-refractivity contribution is 0.478. The van der Waals surface area contributed by atoms with Gasteiger partial charge in [-0.25, -0.2) is 4.39 Å². The third-order valence-corrected chi connectivity index (χ3v) is 3.80. The summed E-state index contributed by atoms with van der Waals surface area (Å²) in [4.78, 5) is 0. The Morgan fingerprint density at radius 2 is 1.78 bits per heavy atom. The number of benzene rings is 2. The first-order valence-corrected chi connectivity index (χ1v) is 6.29. The molecule has 2 aromatic carbocycles. The van der Waals surface area contributed by atoms with Crippen molar-refractivity contribution in [3.05, 3.63) is 65.5 Å². The van der Waals surface area contributed by atoms with Crippen molar-refractivity contribution in [2.75, 3.05) is 5.32 Å². The molecular weight excluding hydrogens is 225 g/mol. The lowest BCUT2D eigenvalue weighted by Crippen LogP contribution is -2.35. The van der Waals surface area contributed by atoms with Crippen molar-refractivity contribution in [1.29, 1.82) is 0 Å². The van der Waals surface area contributed by atoms with Crippen molar-refractivity contribution in [3.8, 4) is 0 Å². The van der Waals surface area contributed by atoms with E-state index in [9.17, 15) is 4.39 Å². The summed E-state index contributed by atoms with van der Waals surface area (Å²) in [6.07, 6.45) is 2.08. The molecule has 3 rings (SSSR count). The van der Waals surface area contributed by atoms with Crippen molar-refractivity contribution in [1.82, 2.24) is 0 Å². The molecule has 1 unspecified atom stereocenters. The van der Waals surface area contributed by atoms with E-state index in [1.807, 2.05) is 18.2 Å². The van der Waals surface area contributed by atoms with Crippen molar-refractivity contribution in [3.63, 3.8) is 0 Å². The number of nitrogens with one attached hydrogen (secondary N) is 1. The number of hydrogen-bond donors (Lipinski definition) is 1. The number of halogens is 1. The molecule has 92 valence electrons. The molecule has 1 N–H and O–H groups in total. The summed E-state index contributed by atoms with van der Waals surface area (Å²) in [5.41, 5.74) is 3.58. The van der Waals surface area contributed by atoms with Gasteiger partial charge in [0.15, 0.2) is 0 Å². The number of anilines is 1. The zero-order valence-electron chi connectivity index (χ0n) is 10.4. The van der Waals surface area contributed by atoms with Crippen LogP contribution in [0, 0.1) is 5.82 Å². The number of para-hydroxylation sites is 1. The second-order valence-corrected chi connectivity index (χ2v) is 5.12. The summed E-state index contributed by atoms with van der Waals surface area (Å²) in [5.74, 6) is -0.182. The van der Waals surface area contributed by atoms with Gasteiger partial charge in [0.1, 0.15) is 5.82 Å². The highest BCUT2D eigenvalue weighted by Crippen LogP contribution is 2.37. The van der Waals surface area contributed by atoms with E-state index in [0.29, 0.717) is 0 Å². The predicted octanol–water partition coefficient (Wildman–Crippen LogP) is 4.10. The van der Waals surface area contributed by atoms with E-state index in [1.165, 1.54) is 23.4 Å². The molecule has 0 saturated carbocycles. The van der Waals surface area contributed by atoms with Gasteiger partial charge in [0.25, 0.3) is 0 Å². The predicted molar refractivity (Wildman–Crippen MR) is 72.1 cm³/mol. The van der Waals surface area contributed by atoms with Crippen LogP contribution in [0.5, 0.6) is 0 Å². The highest BCUT2D eigenvalue weighted by molar-refractivity contribution is 5.56. The summed E-state index contributed by atoms with van der Waals surface area (Å²) in [6.45, 7) is 2.18. The lowest BCUT2D eigenvalue weighted by atomic mass is 9.82. The summed E-state index contributed by atoms with van der Waals surface area (Å²) in [7, 11) is 0. The fourth-order valence-corrected chi connectivity index (χ4v) is 2.64. The van der Waals surface area contributed by atoms with Crippen LogP contribution in [0.4, 0.5) is 10.1 Å². The van der Waals surface area contributed by atoms with E-state index in [2.05, 4.69) is 30.4 Å². The van der Waals surface area contributed by atoms with Gasteiger partial charge in [-0.15, -0.1) is 0 Å². The molecule has 1 nitrogen and oxygen atoms in total. The highest BCUT2D eigenvalue weighted by Gasteiger charge is 2.30. The number of fused-ring (bicyclic) bond motifs is 1. The fraction of sp³-hybridized carbons (Fsp3) is 0.250. The maximum Gasteiger partial charge on any atom is 0.123 e. The Kier molecular flexibility index (Phi) is 2.58. The van der Waals surface area contributed by atoms with E-state index < -0.39 is 0 Å². The second kappa shape index (κ2) is 4.13. The maximum absolute atomic E-state index is 13.0. The van der Waals surface area contributed by atoms with Gasteiger partial charge in [-0.05, 0) is 49.1 Å². The quantitative estimate of drug-likeness (QED) is 0.792. The normalized spacial score (nSPS) is 22.1. The molecule has 0 spiro atoms. The molecule has 1 atom stereocenters. The van der Waals surface area contributed by atoms with Crippen LogP contribution in [-0.4, -0.2) is 0 Å². The van der Waals surface area contributed by atoms with Gasteiger partial charge in [-0.1, -0.05) is 30.3 Å². The first-order chi connectivity index (χ1) is 8.67. The summed E-state index contributed by atoms with van der Waals surface area (Å²) < 4.78 is 13.0. The third kappa shape index (κ3) is 1.88. The molecule has 0 amide bonds. The van der Waals surface area contributed by atoms with Gasteiger partial charge < -0.3 is 5.32 Å². The zero-order chi connectivity index (χ0) is 12.6. The first-order valence-electron chi connectivity index (χ1n) is 6.29. The average Bonchev–Trinajstić information content (AvgIpc) is 2.39. The third-order valence-electron chi connectivity index (χ3n) is 3.80. The maximum atomic E-state index is 13.0. The van der Waals surface area contributed by atoms with Gasteiger partial charge >= 0.3 is 0 Å². The minimum atomic E-state index is -0.182. The molecular formula is C16H16FN. The van der Waals surface area contributed by atoms with Gasteiger partial charge in [-0.3, -0.25) is 0 Å². The minimum Gasteiger partial charge on any atom is -0.376 e. The van der Waals surface area contributed by atoms with Crippen LogP contribution in [0.2, 0.25) is 0 Å². The highest BCUT2D eigenvalue weighted by atomic mass is 19.1. The standard InChI is InChI=1S/C16H16FN/c1-16(13-6-8-14(17)9-7-13)11-10-12-4-2-3-5-15(12)18-16/h2-9,18H,10-11H2,1H3. The van der Waals surface area contributed by atoms with Crippen molar-refractivity contribution in [2.45, 2.75) is 25.3 Å².